The smallest absolute Gasteiger partial charge is 0.273 e. The van der Waals surface area contributed by atoms with Crippen molar-refractivity contribution in [2.24, 2.45) is 4.99 Å². The van der Waals surface area contributed by atoms with Crippen molar-refractivity contribution in [3.63, 3.8) is 0 Å². The fourth-order valence-electron chi connectivity index (χ4n) is 1.48. The second kappa shape index (κ2) is 4.62. The molecule has 0 aliphatic carbocycles. The van der Waals surface area contributed by atoms with Gasteiger partial charge in [0.25, 0.3) is 6.40 Å². The molecule has 15 heavy (non-hydrogen) atoms. The molecule has 2 nitrogen and oxygen atoms in total. The Kier molecular flexibility index (Phi) is 3.21. The van der Waals surface area contributed by atoms with E-state index in [-0.39, 0.29) is 11.9 Å². The monoisotopic (exact) mass is 226 g/mol. The number of ether oxygens (including phenoxy) is 1. The summed E-state index contributed by atoms with van der Waals surface area (Å²) in [6.07, 6.45) is 3.85. The van der Waals surface area contributed by atoms with E-state index < -0.39 is 0 Å². The highest BCUT2D eigenvalue weighted by atomic mass is 35.5. The molecule has 0 saturated heterocycles. The SMILES string of the molecule is Fc1cc(Cl)ccc1CCC1CO[C]=N1. The van der Waals surface area contributed by atoms with Gasteiger partial charge in [0.1, 0.15) is 12.4 Å². The zero-order valence-corrected chi connectivity index (χ0v) is 8.80. The summed E-state index contributed by atoms with van der Waals surface area (Å²) < 4.78 is 18.2. The summed E-state index contributed by atoms with van der Waals surface area (Å²) in [7, 11) is 0. The van der Waals surface area contributed by atoms with E-state index in [9.17, 15) is 4.39 Å². The molecule has 1 aliphatic rings. The van der Waals surface area contributed by atoms with E-state index in [1.807, 2.05) is 0 Å². The summed E-state index contributed by atoms with van der Waals surface area (Å²) in [4.78, 5) is 3.98. The third kappa shape index (κ3) is 2.69. The molecule has 79 valence electrons. The van der Waals surface area contributed by atoms with Crippen molar-refractivity contribution in [2.45, 2.75) is 18.9 Å². The number of nitrogens with zero attached hydrogens (tertiary/aromatic N) is 1. The van der Waals surface area contributed by atoms with Gasteiger partial charge in [-0.2, -0.15) is 0 Å². The minimum atomic E-state index is -0.255. The number of hydrogen-bond acceptors (Lipinski definition) is 2. The molecule has 0 saturated carbocycles. The van der Waals surface area contributed by atoms with Gasteiger partial charge in [-0.25, -0.2) is 9.38 Å². The molecule has 1 aliphatic heterocycles. The van der Waals surface area contributed by atoms with Crippen LogP contribution in [-0.4, -0.2) is 19.0 Å². The number of hydrogen-bond donors (Lipinski definition) is 0. The van der Waals surface area contributed by atoms with Crippen LogP contribution < -0.4 is 0 Å². The van der Waals surface area contributed by atoms with Crippen LogP contribution in [0.5, 0.6) is 0 Å². The van der Waals surface area contributed by atoms with Crippen LogP contribution in [0.25, 0.3) is 0 Å². The largest absolute Gasteiger partial charge is 0.472 e. The van der Waals surface area contributed by atoms with Crippen LogP contribution in [0, 0.1) is 5.82 Å². The predicted molar refractivity (Wildman–Crippen MR) is 56.9 cm³/mol. The van der Waals surface area contributed by atoms with E-state index in [0.717, 1.165) is 6.42 Å². The van der Waals surface area contributed by atoms with Crippen LogP contribution in [0.2, 0.25) is 5.02 Å². The molecule has 1 unspecified atom stereocenters. The first-order chi connectivity index (χ1) is 7.25. The molecule has 2 rings (SSSR count). The second-order valence-electron chi connectivity index (χ2n) is 3.46. The van der Waals surface area contributed by atoms with Gasteiger partial charge in [-0.05, 0) is 30.5 Å². The average Bonchev–Trinajstić information content (AvgIpc) is 2.69. The lowest BCUT2D eigenvalue weighted by atomic mass is 10.1. The van der Waals surface area contributed by atoms with E-state index in [2.05, 4.69) is 11.4 Å². The lowest BCUT2D eigenvalue weighted by Crippen LogP contribution is -2.08. The molecular formula is C11H10ClFNO. The van der Waals surface area contributed by atoms with E-state index in [4.69, 9.17) is 16.3 Å². The first-order valence-corrected chi connectivity index (χ1v) is 5.14. The topological polar surface area (TPSA) is 21.6 Å². The average molecular weight is 227 g/mol. The predicted octanol–water partition coefficient (Wildman–Crippen LogP) is 2.72. The number of aryl methyl sites for hydroxylation is 1. The van der Waals surface area contributed by atoms with Crippen LogP contribution >= 0.6 is 11.6 Å². The summed E-state index contributed by atoms with van der Waals surface area (Å²) in [5.41, 5.74) is 0.668. The maximum atomic E-state index is 13.4. The highest BCUT2D eigenvalue weighted by molar-refractivity contribution is 6.30. The van der Waals surface area contributed by atoms with E-state index >= 15 is 0 Å². The lowest BCUT2D eigenvalue weighted by Gasteiger charge is -2.06. The van der Waals surface area contributed by atoms with Crippen LogP contribution in [0.4, 0.5) is 4.39 Å². The Morgan fingerprint density at radius 2 is 2.47 bits per heavy atom. The number of aliphatic imine (C=N–C) groups is 1. The molecule has 0 bridgehead atoms. The minimum Gasteiger partial charge on any atom is -0.472 e. The van der Waals surface area contributed by atoms with Crippen LogP contribution in [-0.2, 0) is 11.2 Å². The van der Waals surface area contributed by atoms with Crippen molar-refractivity contribution in [3.8, 4) is 0 Å². The Hall–Kier alpha value is -1.09. The molecule has 0 amide bonds. The van der Waals surface area contributed by atoms with Crippen LogP contribution in [0.15, 0.2) is 23.2 Å². The van der Waals surface area contributed by atoms with Gasteiger partial charge in [-0.15, -0.1) is 0 Å². The Balaban J connectivity index is 1.95. The maximum Gasteiger partial charge on any atom is 0.273 e. The Bertz CT molecular complexity index is 381. The van der Waals surface area contributed by atoms with Crippen molar-refractivity contribution >= 4 is 18.0 Å². The molecular weight excluding hydrogens is 217 g/mol. The van der Waals surface area contributed by atoms with Gasteiger partial charge < -0.3 is 4.74 Å². The molecule has 0 N–H and O–H groups in total. The molecule has 0 fully saturated rings. The normalized spacial score (nSPS) is 19.2. The van der Waals surface area contributed by atoms with Crippen molar-refractivity contribution in [1.29, 1.82) is 0 Å². The van der Waals surface area contributed by atoms with E-state index in [1.54, 1.807) is 12.1 Å². The Morgan fingerprint density at radius 3 is 3.13 bits per heavy atom. The quantitative estimate of drug-likeness (QED) is 0.777. The summed E-state index contributed by atoms with van der Waals surface area (Å²) in [6, 6.07) is 4.85. The van der Waals surface area contributed by atoms with Gasteiger partial charge >= 0.3 is 0 Å². The highest BCUT2D eigenvalue weighted by Gasteiger charge is 2.13. The number of rotatable bonds is 3. The summed E-state index contributed by atoms with van der Waals surface area (Å²) in [6.45, 7) is 0.551. The van der Waals surface area contributed by atoms with Gasteiger partial charge in [0.05, 0.1) is 6.04 Å². The molecule has 0 spiro atoms. The number of benzene rings is 1. The second-order valence-corrected chi connectivity index (χ2v) is 3.90. The molecule has 0 aromatic heterocycles. The molecule has 1 aromatic rings. The van der Waals surface area contributed by atoms with Crippen LogP contribution in [0.3, 0.4) is 0 Å². The Labute approximate surface area is 92.7 Å². The van der Waals surface area contributed by atoms with Crippen molar-refractivity contribution in [2.75, 3.05) is 6.61 Å². The standard InChI is InChI=1S/C11H10ClFNO/c12-9-3-1-8(11(13)5-9)2-4-10-6-15-7-14-10/h1,3,5,10H,2,4,6H2. The van der Waals surface area contributed by atoms with Gasteiger partial charge in [-0.3, -0.25) is 0 Å². The van der Waals surface area contributed by atoms with E-state index in [1.165, 1.54) is 6.07 Å². The van der Waals surface area contributed by atoms with Crippen molar-refractivity contribution in [1.82, 2.24) is 0 Å². The first kappa shape index (κ1) is 10.4. The molecule has 1 radical (unpaired) electrons. The molecule has 1 heterocycles. The van der Waals surface area contributed by atoms with Crippen LogP contribution in [0.1, 0.15) is 12.0 Å². The van der Waals surface area contributed by atoms with Gasteiger partial charge in [0, 0.05) is 5.02 Å². The minimum absolute atomic E-state index is 0.111. The summed E-state index contributed by atoms with van der Waals surface area (Å²) in [5, 5.41) is 0.423. The van der Waals surface area contributed by atoms with Gasteiger partial charge in [-0.1, -0.05) is 17.7 Å². The summed E-state index contributed by atoms with van der Waals surface area (Å²) >= 11 is 5.66. The molecule has 4 heteroatoms. The first-order valence-electron chi connectivity index (χ1n) is 4.76. The molecule has 1 aromatic carbocycles. The number of halogens is 2. The fraction of sp³-hybridized carbons (Fsp3) is 0.364. The van der Waals surface area contributed by atoms with Crippen molar-refractivity contribution in [3.05, 3.63) is 34.6 Å². The third-order valence-electron chi connectivity index (χ3n) is 2.34. The van der Waals surface area contributed by atoms with Gasteiger partial charge in [0.2, 0.25) is 0 Å². The third-order valence-corrected chi connectivity index (χ3v) is 2.57. The summed E-state index contributed by atoms with van der Waals surface area (Å²) in [5.74, 6) is -0.255. The highest BCUT2D eigenvalue weighted by Crippen LogP contribution is 2.17. The fourth-order valence-corrected chi connectivity index (χ4v) is 1.64. The zero-order chi connectivity index (χ0) is 10.7. The Morgan fingerprint density at radius 1 is 1.60 bits per heavy atom. The maximum absolute atomic E-state index is 13.4. The van der Waals surface area contributed by atoms with Crippen molar-refractivity contribution < 1.29 is 9.13 Å². The molecule has 1 atom stereocenters. The zero-order valence-electron chi connectivity index (χ0n) is 8.04. The van der Waals surface area contributed by atoms with Gasteiger partial charge in [0.15, 0.2) is 0 Å². The van der Waals surface area contributed by atoms with E-state index in [0.29, 0.717) is 23.6 Å². The lowest BCUT2D eigenvalue weighted by molar-refractivity contribution is 0.321.